The molecule has 0 aliphatic rings. The van der Waals surface area contributed by atoms with E-state index >= 15 is 0 Å². The van der Waals surface area contributed by atoms with Crippen LogP contribution in [0.5, 0.6) is 0 Å². The maximum absolute atomic E-state index is 8.74. The zero-order chi connectivity index (χ0) is 14.3. The molecule has 0 amide bonds. The van der Waals surface area contributed by atoms with Gasteiger partial charge in [0.25, 0.3) is 0 Å². The van der Waals surface area contributed by atoms with Gasteiger partial charge in [0.05, 0.1) is 25.9 Å². The largest absolute Gasteiger partial charge is 0.394 e. The Morgan fingerprint density at radius 3 is 1.59 bits per heavy atom. The monoisotopic (exact) mass is 272 g/mol. The minimum absolute atomic E-state index is 0.139. The Morgan fingerprint density at radius 2 is 1.47 bits per heavy atom. The third-order valence-electron chi connectivity index (χ3n) is 0.736. The minimum atomic E-state index is -4.67. The van der Waals surface area contributed by atoms with E-state index in [2.05, 4.69) is 13.2 Å². The summed E-state index contributed by atoms with van der Waals surface area (Å²) in [5, 5.41) is 16.0. The fraction of sp³-hybridized carbons (Fsp3) is 0.556. The van der Waals surface area contributed by atoms with E-state index in [0.717, 1.165) is 0 Å². The van der Waals surface area contributed by atoms with Crippen molar-refractivity contribution < 1.29 is 32.5 Å². The van der Waals surface area contributed by atoms with Gasteiger partial charge in [-0.15, -0.1) is 13.2 Å². The lowest BCUT2D eigenvalue weighted by atomic mass is 10.5. The average molecular weight is 272 g/mol. The standard InChI is InChI=1S/C6H10O.C3H8O2.H2O4S/c1-3-5-7-6-4-2;1-3(5)2-4;1-5(2,3)4/h3-4H,1-2,5-6H2;3-5H,2H2,1H3;(H2,1,2,3,4). The summed E-state index contributed by atoms with van der Waals surface area (Å²) in [6, 6.07) is 0. The molecule has 7 nitrogen and oxygen atoms in total. The van der Waals surface area contributed by atoms with Gasteiger partial charge < -0.3 is 14.9 Å². The number of rotatable bonds is 5. The minimum Gasteiger partial charge on any atom is -0.394 e. The molecule has 4 N–H and O–H groups in total. The normalized spacial score (nSPS) is 11.1. The zero-order valence-corrected chi connectivity index (χ0v) is 10.5. The summed E-state index contributed by atoms with van der Waals surface area (Å²) in [6.45, 7) is 9.57. The molecule has 0 aliphatic carbocycles. The van der Waals surface area contributed by atoms with Crippen molar-refractivity contribution in [3.05, 3.63) is 25.3 Å². The highest BCUT2D eigenvalue weighted by atomic mass is 32.3. The third-order valence-corrected chi connectivity index (χ3v) is 0.736. The predicted octanol–water partition coefficient (Wildman–Crippen LogP) is 0.0817. The van der Waals surface area contributed by atoms with Crippen molar-refractivity contribution in [2.45, 2.75) is 13.0 Å². The molecular formula is C9H20O7S. The van der Waals surface area contributed by atoms with E-state index < -0.39 is 16.5 Å². The first-order chi connectivity index (χ1) is 7.68. The van der Waals surface area contributed by atoms with Gasteiger partial charge in [-0.1, -0.05) is 12.2 Å². The second-order valence-corrected chi connectivity index (χ2v) is 3.49. The Hall–Kier alpha value is -0.770. The highest BCUT2D eigenvalue weighted by Gasteiger charge is 1.84. The molecule has 17 heavy (non-hydrogen) atoms. The van der Waals surface area contributed by atoms with Crippen LogP contribution < -0.4 is 0 Å². The molecular weight excluding hydrogens is 252 g/mol. The van der Waals surface area contributed by atoms with Crippen molar-refractivity contribution in [2.24, 2.45) is 0 Å². The predicted molar refractivity (Wildman–Crippen MR) is 64.2 cm³/mol. The van der Waals surface area contributed by atoms with Gasteiger partial charge in [0.1, 0.15) is 0 Å². The average Bonchev–Trinajstić information content (AvgIpc) is 2.17. The van der Waals surface area contributed by atoms with Gasteiger partial charge in [-0.3, -0.25) is 9.11 Å². The Bertz CT molecular complexity index is 243. The number of hydrogen-bond donors (Lipinski definition) is 4. The lowest BCUT2D eigenvalue weighted by molar-refractivity contribution is 0.110. The van der Waals surface area contributed by atoms with Gasteiger partial charge in [-0.2, -0.15) is 8.42 Å². The van der Waals surface area contributed by atoms with Crippen molar-refractivity contribution in [2.75, 3.05) is 19.8 Å². The summed E-state index contributed by atoms with van der Waals surface area (Å²) < 4.78 is 36.5. The molecule has 0 aromatic heterocycles. The molecule has 0 aliphatic heterocycles. The van der Waals surface area contributed by atoms with E-state index in [1.54, 1.807) is 12.2 Å². The molecule has 0 radical (unpaired) electrons. The molecule has 0 rings (SSSR count). The number of hydrogen-bond acceptors (Lipinski definition) is 5. The molecule has 1 unspecified atom stereocenters. The second kappa shape index (κ2) is 15.2. The molecule has 8 heteroatoms. The van der Waals surface area contributed by atoms with Crippen molar-refractivity contribution >= 4 is 10.4 Å². The SMILES string of the molecule is C=CCOCC=C.CC(O)CO.O=S(=O)(O)O. The quantitative estimate of drug-likeness (QED) is 0.317. The van der Waals surface area contributed by atoms with Crippen LogP contribution in [-0.2, 0) is 15.1 Å². The van der Waals surface area contributed by atoms with Crippen molar-refractivity contribution in [3.8, 4) is 0 Å². The van der Waals surface area contributed by atoms with Gasteiger partial charge in [0, 0.05) is 0 Å². The van der Waals surface area contributed by atoms with E-state index in [4.69, 9.17) is 32.5 Å². The van der Waals surface area contributed by atoms with Crippen molar-refractivity contribution in [1.82, 2.24) is 0 Å². The van der Waals surface area contributed by atoms with Crippen LogP contribution in [0.1, 0.15) is 6.92 Å². The van der Waals surface area contributed by atoms with Crippen LogP contribution in [0.4, 0.5) is 0 Å². The van der Waals surface area contributed by atoms with Crippen LogP contribution in [0.3, 0.4) is 0 Å². The molecule has 1 atom stereocenters. The number of aliphatic hydroxyl groups is 2. The zero-order valence-electron chi connectivity index (χ0n) is 9.69. The highest BCUT2D eigenvalue weighted by molar-refractivity contribution is 7.79. The van der Waals surface area contributed by atoms with Crippen LogP contribution in [0.15, 0.2) is 25.3 Å². The van der Waals surface area contributed by atoms with Gasteiger partial charge in [0.2, 0.25) is 0 Å². The first-order valence-electron chi connectivity index (χ1n) is 4.47. The van der Waals surface area contributed by atoms with E-state index in [1.165, 1.54) is 6.92 Å². The lowest BCUT2D eigenvalue weighted by Gasteiger charge is -1.90. The summed E-state index contributed by atoms with van der Waals surface area (Å²) in [7, 11) is -4.67. The van der Waals surface area contributed by atoms with Gasteiger partial charge in [-0.05, 0) is 6.92 Å². The molecule has 0 saturated heterocycles. The molecule has 104 valence electrons. The topological polar surface area (TPSA) is 124 Å². The molecule has 0 aromatic rings. The number of ether oxygens (including phenoxy) is 1. The molecule has 0 saturated carbocycles. The Balaban J connectivity index is -0.000000177. The molecule has 0 spiro atoms. The highest BCUT2D eigenvalue weighted by Crippen LogP contribution is 1.72. The Labute approximate surface area is 102 Å². The summed E-state index contributed by atoms with van der Waals surface area (Å²) in [4.78, 5) is 0. The molecule has 0 bridgehead atoms. The van der Waals surface area contributed by atoms with Gasteiger partial charge in [-0.25, -0.2) is 0 Å². The first-order valence-corrected chi connectivity index (χ1v) is 5.87. The lowest BCUT2D eigenvalue weighted by Crippen LogP contribution is -2.03. The summed E-state index contributed by atoms with van der Waals surface area (Å²) in [5.74, 6) is 0. The van der Waals surface area contributed by atoms with Crippen molar-refractivity contribution in [1.29, 1.82) is 0 Å². The molecule has 0 heterocycles. The van der Waals surface area contributed by atoms with Crippen LogP contribution in [-0.4, -0.2) is 53.7 Å². The van der Waals surface area contributed by atoms with Crippen LogP contribution in [0.25, 0.3) is 0 Å². The van der Waals surface area contributed by atoms with E-state index in [0.29, 0.717) is 13.2 Å². The Kier molecular flexibility index (Phi) is 19.3. The summed E-state index contributed by atoms with van der Waals surface area (Å²) >= 11 is 0. The molecule has 0 fully saturated rings. The van der Waals surface area contributed by atoms with E-state index in [9.17, 15) is 0 Å². The maximum atomic E-state index is 8.74. The number of aliphatic hydroxyl groups excluding tert-OH is 2. The Morgan fingerprint density at radius 1 is 1.24 bits per heavy atom. The van der Waals surface area contributed by atoms with Crippen LogP contribution in [0.2, 0.25) is 0 Å². The fourth-order valence-corrected chi connectivity index (χ4v) is 0.235. The van der Waals surface area contributed by atoms with Crippen LogP contribution >= 0.6 is 0 Å². The van der Waals surface area contributed by atoms with Crippen molar-refractivity contribution in [3.63, 3.8) is 0 Å². The third kappa shape index (κ3) is 97.5. The van der Waals surface area contributed by atoms with Gasteiger partial charge >= 0.3 is 10.4 Å². The molecule has 0 aromatic carbocycles. The van der Waals surface area contributed by atoms with E-state index in [-0.39, 0.29) is 6.61 Å². The maximum Gasteiger partial charge on any atom is 0.394 e. The van der Waals surface area contributed by atoms with E-state index in [1.807, 2.05) is 0 Å². The first kappa shape index (κ1) is 21.5. The summed E-state index contributed by atoms with van der Waals surface area (Å²) in [5.41, 5.74) is 0. The smallest absolute Gasteiger partial charge is 0.394 e. The van der Waals surface area contributed by atoms with Crippen LogP contribution in [0, 0.1) is 0 Å². The summed E-state index contributed by atoms with van der Waals surface area (Å²) in [6.07, 6.45) is 2.86. The second-order valence-electron chi connectivity index (χ2n) is 2.59. The van der Waals surface area contributed by atoms with Gasteiger partial charge in [0.15, 0.2) is 0 Å². The fourth-order valence-electron chi connectivity index (χ4n) is 0.235.